The molecule has 102 valence electrons. The summed E-state index contributed by atoms with van der Waals surface area (Å²) < 4.78 is 46.0. The summed E-state index contributed by atoms with van der Waals surface area (Å²) in [5, 5.41) is 0. The Balaban J connectivity index is 2.24. The molecular formula is C13H10BrF3O2. The normalized spacial score (nSPS) is 26.4. The first-order valence-corrected chi connectivity index (χ1v) is 6.61. The predicted octanol–water partition coefficient (Wildman–Crippen LogP) is 3.60. The zero-order chi connectivity index (χ0) is 14.0. The minimum absolute atomic E-state index is 0.208. The Morgan fingerprint density at radius 3 is 2.63 bits per heavy atom. The number of hydrogen-bond donors (Lipinski definition) is 0. The molecule has 19 heavy (non-hydrogen) atoms. The molecule has 1 saturated carbocycles. The lowest BCUT2D eigenvalue weighted by Crippen LogP contribution is -2.15. The topological polar surface area (TPSA) is 26.3 Å². The first kappa shape index (κ1) is 13.0. The summed E-state index contributed by atoms with van der Waals surface area (Å²) in [5.41, 5.74) is -0.701. The summed E-state index contributed by atoms with van der Waals surface area (Å²) >= 11 is 3.15. The van der Waals surface area contributed by atoms with Crippen molar-refractivity contribution < 1.29 is 22.7 Å². The molecule has 1 unspecified atom stereocenters. The Kier molecular flexibility index (Phi) is 2.56. The first-order chi connectivity index (χ1) is 8.84. The van der Waals surface area contributed by atoms with E-state index in [0.29, 0.717) is 15.6 Å². The van der Waals surface area contributed by atoms with Crippen LogP contribution in [0.4, 0.5) is 13.2 Å². The fraction of sp³-hybridized carbons (Fsp3) is 0.462. The number of hydrogen-bond acceptors (Lipinski definition) is 2. The third kappa shape index (κ3) is 1.52. The van der Waals surface area contributed by atoms with Crippen molar-refractivity contribution in [3.8, 4) is 0 Å². The van der Waals surface area contributed by atoms with Gasteiger partial charge in [0.05, 0.1) is 18.1 Å². The van der Waals surface area contributed by atoms with Crippen LogP contribution < -0.4 is 0 Å². The van der Waals surface area contributed by atoms with Crippen LogP contribution in [-0.4, -0.2) is 19.0 Å². The molecule has 0 radical (unpaired) electrons. The van der Waals surface area contributed by atoms with E-state index in [0.717, 1.165) is 13.2 Å². The molecule has 1 aromatic rings. The number of esters is 1. The molecular weight excluding hydrogens is 325 g/mol. The lowest BCUT2D eigenvalue weighted by Gasteiger charge is -2.14. The number of methoxy groups -OCH3 is 1. The van der Waals surface area contributed by atoms with E-state index in [2.05, 4.69) is 20.7 Å². The maximum Gasteiger partial charge on any atom is 0.341 e. The van der Waals surface area contributed by atoms with Crippen molar-refractivity contribution in [1.82, 2.24) is 0 Å². The molecule has 0 saturated heterocycles. The Bertz CT molecular complexity index is 600. The molecule has 0 aromatic heterocycles. The standard InChI is InChI=1S/C13H10BrF3O2/c1-19-11(18)9-6-2-3-12(5-13(12,16)17)10(6)7(14)4-8(9)15/h4H,2-3,5H2,1H3. The van der Waals surface area contributed by atoms with E-state index in [9.17, 15) is 18.0 Å². The third-order valence-corrected chi connectivity index (χ3v) is 4.73. The van der Waals surface area contributed by atoms with Crippen LogP contribution in [0.15, 0.2) is 10.5 Å². The molecule has 0 bridgehead atoms. The SMILES string of the molecule is COC(=O)c1c(F)cc(Br)c2c1CCC21CC1(F)F. The van der Waals surface area contributed by atoms with Crippen molar-refractivity contribution >= 4 is 21.9 Å². The van der Waals surface area contributed by atoms with Crippen molar-refractivity contribution in [1.29, 1.82) is 0 Å². The maximum absolute atomic E-state index is 13.9. The predicted molar refractivity (Wildman–Crippen MR) is 65.0 cm³/mol. The number of ether oxygens (including phenoxy) is 1. The highest BCUT2D eigenvalue weighted by Gasteiger charge is 2.74. The lowest BCUT2D eigenvalue weighted by molar-refractivity contribution is 0.0593. The van der Waals surface area contributed by atoms with Crippen LogP contribution in [0, 0.1) is 5.82 Å². The monoisotopic (exact) mass is 334 g/mol. The van der Waals surface area contributed by atoms with Gasteiger partial charge in [-0.05, 0) is 30.0 Å². The molecule has 0 aliphatic heterocycles. The number of benzene rings is 1. The summed E-state index contributed by atoms with van der Waals surface area (Å²) in [4.78, 5) is 11.6. The minimum Gasteiger partial charge on any atom is -0.465 e. The van der Waals surface area contributed by atoms with Crippen LogP contribution in [0.1, 0.15) is 34.3 Å². The fourth-order valence-electron chi connectivity index (χ4n) is 3.10. The molecule has 6 heteroatoms. The Hall–Kier alpha value is -1.04. The quantitative estimate of drug-likeness (QED) is 0.733. The van der Waals surface area contributed by atoms with Crippen LogP contribution in [0.25, 0.3) is 0 Å². The van der Waals surface area contributed by atoms with E-state index >= 15 is 0 Å². The number of carbonyl (C=O) groups is 1. The largest absolute Gasteiger partial charge is 0.465 e. The van der Waals surface area contributed by atoms with Gasteiger partial charge in [-0.2, -0.15) is 0 Å². The smallest absolute Gasteiger partial charge is 0.341 e. The van der Waals surface area contributed by atoms with E-state index in [1.165, 1.54) is 0 Å². The molecule has 3 rings (SSSR count). The maximum atomic E-state index is 13.9. The van der Waals surface area contributed by atoms with E-state index in [4.69, 9.17) is 0 Å². The van der Waals surface area contributed by atoms with E-state index in [1.54, 1.807) is 0 Å². The molecule has 2 aliphatic rings. The lowest BCUT2D eigenvalue weighted by atomic mass is 9.95. The zero-order valence-corrected chi connectivity index (χ0v) is 11.6. The van der Waals surface area contributed by atoms with Crippen molar-refractivity contribution in [2.75, 3.05) is 7.11 Å². The van der Waals surface area contributed by atoms with Gasteiger partial charge in [-0.25, -0.2) is 18.0 Å². The number of alkyl halides is 2. The Labute approximate surface area is 116 Å². The van der Waals surface area contributed by atoms with Gasteiger partial charge in [0, 0.05) is 10.9 Å². The molecule has 1 fully saturated rings. The third-order valence-electron chi connectivity index (χ3n) is 4.10. The summed E-state index contributed by atoms with van der Waals surface area (Å²) in [6.07, 6.45) is 0.269. The highest BCUT2D eigenvalue weighted by atomic mass is 79.9. The molecule has 0 N–H and O–H groups in total. The second kappa shape index (κ2) is 3.75. The second-order valence-corrected chi connectivity index (χ2v) is 5.88. The zero-order valence-electron chi connectivity index (χ0n) is 10.0. The van der Waals surface area contributed by atoms with Gasteiger partial charge in [-0.3, -0.25) is 0 Å². The van der Waals surface area contributed by atoms with Gasteiger partial charge in [0.25, 0.3) is 5.92 Å². The number of carbonyl (C=O) groups excluding carboxylic acids is 1. The molecule has 0 heterocycles. The van der Waals surface area contributed by atoms with E-state index < -0.39 is 23.1 Å². The van der Waals surface area contributed by atoms with Gasteiger partial charge in [0.15, 0.2) is 0 Å². The number of rotatable bonds is 1. The molecule has 1 atom stereocenters. The fourth-order valence-corrected chi connectivity index (χ4v) is 3.92. The van der Waals surface area contributed by atoms with Crippen molar-refractivity contribution in [2.24, 2.45) is 0 Å². The molecule has 1 aromatic carbocycles. The van der Waals surface area contributed by atoms with Gasteiger partial charge < -0.3 is 4.74 Å². The highest BCUT2D eigenvalue weighted by Crippen LogP contribution is 2.68. The van der Waals surface area contributed by atoms with E-state index in [1.807, 2.05) is 0 Å². The van der Waals surface area contributed by atoms with Gasteiger partial charge in [0.1, 0.15) is 5.82 Å². The van der Waals surface area contributed by atoms with Crippen LogP contribution in [-0.2, 0) is 16.6 Å². The molecule has 1 spiro atoms. The molecule has 2 nitrogen and oxygen atoms in total. The summed E-state index contributed by atoms with van der Waals surface area (Å²) in [6, 6.07) is 1.08. The van der Waals surface area contributed by atoms with Crippen LogP contribution in [0.2, 0.25) is 0 Å². The van der Waals surface area contributed by atoms with Crippen LogP contribution in [0.5, 0.6) is 0 Å². The van der Waals surface area contributed by atoms with Gasteiger partial charge in [0.2, 0.25) is 0 Å². The Morgan fingerprint density at radius 1 is 1.47 bits per heavy atom. The summed E-state index contributed by atoms with van der Waals surface area (Å²) in [5.74, 6) is -4.33. The minimum atomic E-state index is -2.77. The summed E-state index contributed by atoms with van der Waals surface area (Å²) in [6.45, 7) is 0. The number of fused-ring (bicyclic) bond motifs is 2. The second-order valence-electron chi connectivity index (χ2n) is 5.02. The molecule has 0 amide bonds. The van der Waals surface area contributed by atoms with Gasteiger partial charge >= 0.3 is 5.97 Å². The van der Waals surface area contributed by atoms with E-state index in [-0.39, 0.29) is 24.8 Å². The average Bonchev–Trinajstić information content (AvgIpc) is 2.68. The first-order valence-electron chi connectivity index (χ1n) is 5.81. The summed E-state index contributed by atoms with van der Waals surface area (Å²) in [7, 11) is 1.15. The van der Waals surface area contributed by atoms with Crippen LogP contribution >= 0.6 is 15.9 Å². The Morgan fingerprint density at radius 2 is 2.11 bits per heavy atom. The van der Waals surface area contributed by atoms with Gasteiger partial charge in [-0.1, -0.05) is 15.9 Å². The van der Waals surface area contributed by atoms with Crippen LogP contribution in [0.3, 0.4) is 0 Å². The van der Waals surface area contributed by atoms with Crippen molar-refractivity contribution in [3.05, 3.63) is 33.0 Å². The number of halogens is 4. The van der Waals surface area contributed by atoms with Crippen molar-refractivity contribution in [2.45, 2.75) is 30.6 Å². The van der Waals surface area contributed by atoms with Gasteiger partial charge in [-0.15, -0.1) is 0 Å². The van der Waals surface area contributed by atoms with Crippen molar-refractivity contribution in [3.63, 3.8) is 0 Å². The average molecular weight is 335 g/mol. The molecule has 2 aliphatic carbocycles. The highest BCUT2D eigenvalue weighted by molar-refractivity contribution is 9.10.